The minimum Gasteiger partial charge on any atom is -0.457 e. The predicted molar refractivity (Wildman–Crippen MR) is 162 cm³/mol. The van der Waals surface area contributed by atoms with Crippen molar-refractivity contribution in [3.63, 3.8) is 0 Å². The lowest BCUT2D eigenvalue weighted by Crippen LogP contribution is -2.27. The van der Waals surface area contributed by atoms with Gasteiger partial charge in [0.25, 0.3) is 5.91 Å². The van der Waals surface area contributed by atoms with Gasteiger partial charge in [-0.15, -0.1) is 0 Å². The Hall–Kier alpha value is -5.71. The van der Waals surface area contributed by atoms with Crippen LogP contribution in [-0.4, -0.2) is 38.9 Å². The number of anilines is 1. The molecule has 0 aliphatic carbocycles. The lowest BCUT2D eigenvalue weighted by atomic mass is 10.1. The standard InChI is InChI=1S/C31H30N8O3/c32-28(40)27(10-5-15-36-31(33)34)39-26-12-11-21(30(41)37-22-13-16-35-17-14-22)19-25(26)38-29(39)20-6-4-9-24(18-20)42-23-7-2-1-3-8-23/h1-4,6-9,11-14,16-19,27H,5,10,15H2,(H2,32,40)(H4,33,34,36)(H,35,37,41). The SMILES string of the molecule is NC(=O)C(CCCN=C(N)N)n1c(-c2cccc(Oc3ccccc3)c2)nc2cc(C(=O)Nc3ccncc3)ccc21. The molecule has 5 rings (SSSR count). The number of aromatic nitrogens is 3. The van der Waals surface area contributed by atoms with Crippen molar-refractivity contribution in [3.8, 4) is 22.9 Å². The molecular formula is C31H30N8O3. The van der Waals surface area contributed by atoms with E-state index in [1.54, 1.807) is 47.3 Å². The number of fused-ring (bicyclic) bond motifs is 1. The topological polar surface area (TPSA) is 177 Å². The summed E-state index contributed by atoms with van der Waals surface area (Å²) in [7, 11) is 0. The number of hydrogen-bond acceptors (Lipinski definition) is 6. The minimum absolute atomic E-state index is 0.0211. The van der Waals surface area contributed by atoms with Crippen molar-refractivity contribution in [2.75, 3.05) is 11.9 Å². The van der Waals surface area contributed by atoms with E-state index in [2.05, 4.69) is 15.3 Å². The molecule has 1 atom stereocenters. The number of carbonyl (C=O) groups excluding carboxylic acids is 2. The number of nitrogens with two attached hydrogens (primary N) is 3. The number of aliphatic imine (C=N–C) groups is 1. The van der Waals surface area contributed by atoms with Crippen molar-refractivity contribution in [2.24, 2.45) is 22.2 Å². The number of primary amides is 1. The van der Waals surface area contributed by atoms with E-state index in [-0.39, 0.29) is 11.9 Å². The highest BCUT2D eigenvalue weighted by atomic mass is 16.5. The summed E-state index contributed by atoms with van der Waals surface area (Å²) < 4.78 is 7.85. The summed E-state index contributed by atoms with van der Waals surface area (Å²) in [6.07, 6.45) is 4.07. The van der Waals surface area contributed by atoms with Crippen LogP contribution in [0.15, 0.2) is 102 Å². The van der Waals surface area contributed by atoms with Gasteiger partial charge in [-0.1, -0.05) is 30.3 Å². The highest BCUT2D eigenvalue weighted by Gasteiger charge is 2.25. The van der Waals surface area contributed by atoms with Gasteiger partial charge in [0.05, 0.1) is 11.0 Å². The van der Waals surface area contributed by atoms with E-state index in [1.165, 1.54) is 0 Å². The number of amides is 2. The van der Waals surface area contributed by atoms with Crippen molar-refractivity contribution in [2.45, 2.75) is 18.9 Å². The Labute approximate surface area is 242 Å². The van der Waals surface area contributed by atoms with Crippen LogP contribution in [0.1, 0.15) is 29.2 Å². The third-order valence-corrected chi connectivity index (χ3v) is 6.53. The summed E-state index contributed by atoms with van der Waals surface area (Å²) in [5.41, 5.74) is 19.8. The number of nitrogens with one attached hydrogen (secondary N) is 1. The van der Waals surface area contributed by atoms with Gasteiger partial charge in [0.1, 0.15) is 23.4 Å². The molecule has 11 heteroatoms. The van der Waals surface area contributed by atoms with Crippen LogP contribution < -0.4 is 27.3 Å². The van der Waals surface area contributed by atoms with Crippen LogP contribution in [0.2, 0.25) is 0 Å². The quantitative estimate of drug-likeness (QED) is 0.106. The van der Waals surface area contributed by atoms with Crippen LogP contribution in [0.5, 0.6) is 11.5 Å². The van der Waals surface area contributed by atoms with Gasteiger partial charge in [-0.3, -0.25) is 19.6 Å². The lowest BCUT2D eigenvalue weighted by molar-refractivity contribution is -0.121. The number of guanidine groups is 1. The Morgan fingerprint density at radius 2 is 1.67 bits per heavy atom. The van der Waals surface area contributed by atoms with Crippen molar-refractivity contribution in [1.82, 2.24) is 14.5 Å². The third kappa shape index (κ3) is 6.53. The van der Waals surface area contributed by atoms with Crippen LogP contribution in [0, 0.1) is 0 Å². The molecule has 0 radical (unpaired) electrons. The fourth-order valence-electron chi connectivity index (χ4n) is 4.61. The van der Waals surface area contributed by atoms with Gasteiger partial charge < -0.3 is 31.8 Å². The average Bonchev–Trinajstić information content (AvgIpc) is 3.36. The van der Waals surface area contributed by atoms with Gasteiger partial charge in [0.2, 0.25) is 5.91 Å². The van der Waals surface area contributed by atoms with E-state index in [9.17, 15) is 9.59 Å². The van der Waals surface area contributed by atoms with Crippen LogP contribution >= 0.6 is 0 Å². The van der Waals surface area contributed by atoms with E-state index in [4.69, 9.17) is 26.9 Å². The van der Waals surface area contributed by atoms with Crippen LogP contribution in [0.4, 0.5) is 5.69 Å². The molecule has 212 valence electrons. The number of rotatable bonds is 11. The lowest BCUT2D eigenvalue weighted by Gasteiger charge is -2.19. The smallest absolute Gasteiger partial charge is 0.255 e. The number of imidazole rings is 1. The third-order valence-electron chi connectivity index (χ3n) is 6.53. The number of para-hydroxylation sites is 1. The fraction of sp³-hybridized carbons (Fsp3) is 0.129. The summed E-state index contributed by atoms with van der Waals surface area (Å²) in [4.78, 5) is 38.7. The molecule has 0 fully saturated rings. The largest absolute Gasteiger partial charge is 0.457 e. The maximum atomic E-state index is 13.0. The Bertz CT molecular complexity index is 1730. The molecule has 0 bridgehead atoms. The van der Waals surface area contributed by atoms with Crippen molar-refractivity contribution >= 4 is 34.5 Å². The molecule has 2 amide bonds. The molecule has 42 heavy (non-hydrogen) atoms. The molecular weight excluding hydrogens is 532 g/mol. The number of carbonyl (C=O) groups is 2. The second-order valence-corrected chi connectivity index (χ2v) is 9.51. The minimum atomic E-state index is -0.755. The molecule has 0 spiro atoms. The zero-order chi connectivity index (χ0) is 29.5. The molecule has 0 saturated heterocycles. The van der Waals surface area contributed by atoms with Crippen LogP contribution in [-0.2, 0) is 4.79 Å². The Balaban J connectivity index is 1.56. The second-order valence-electron chi connectivity index (χ2n) is 9.51. The fourth-order valence-corrected chi connectivity index (χ4v) is 4.61. The number of benzene rings is 3. The Morgan fingerprint density at radius 1 is 0.905 bits per heavy atom. The Morgan fingerprint density at radius 3 is 2.40 bits per heavy atom. The van der Waals surface area contributed by atoms with Gasteiger partial charge in [0.15, 0.2) is 5.96 Å². The van der Waals surface area contributed by atoms with Crippen LogP contribution in [0.3, 0.4) is 0 Å². The summed E-state index contributed by atoms with van der Waals surface area (Å²) >= 11 is 0. The van der Waals surface area contributed by atoms with E-state index < -0.39 is 11.9 Å². The second kappa shape index (κ2) is 12.6. The summed E-state index contributed by atoms with van der Waals surface area (Å²) in [5.74, 6) is 0.923. The number of hydrogen-bond donors (Lipinski definition) is 4. The Kier molecular flexibility index (Phi) is 8.38. The molecule has 3 aromatic carbocycles. The van der Waals surface area contributed by atoms with Gasteiger partial charge in [0, 0.05) is 35.8 Å². The summed E-state index contributed by atoms with van der Waals surface area (Å²) in [6.45, 7) is 0.341. The van der Waals surface area contributed by atoms with Crippen LogP contribution in [0.25, 0.3) is 22.4 Å². The molecule has 1 unspecified atom stereocenters. The molecule has 2 aromatic heterocycles. The predicted octanol–water partition coefficient (Wildman–Crippen LogP) is 4.22. The zero-order valence-corrected chi connectivity index (χ0v) is 22.7. The van der Waals surface area contributed by atoms with E-state index in [1.807, 2.05) is 54.6 Å². The maximum absolute atomic E-state index is 13.0. The van der Waals surface area contributed by atoms with E-state index >= 15 is 0 Å². The van der Waals surface area contributed by atoms with E-state index in [0.29, 0.717) is 64.6 Å². The van der Waals surface area contributed by atoms with E-state index in [0.717, 1.165) is 0 Å². The number of ether oxygens (including phenoxy) is 1. The molecule has 7 N–H and O–H groups in total. The first-order valence-electron chi connectivity index (χ1n) is 13.3. The highest BCUT2D eigenvalue weighted by molar-refractivity contribution is 6.06. The summed E-state index contributed by atoms with van der Waals surface area (Å²) in [6, 6.07) is 24.6. The first-order valence-corrected chi connectivity index (χ1v) is 13.3. The monoisotopic (exact) mass is 562 g/mol. The average molecular weight is 563 g/mol. The molecule has 0 aliphatic heterocycles. The van der Waals surface area contributed by atoms with Crippen molar-refractivity contribution in [3.05, 3.63) is 103 Å². The first-order chi connectivity index (χ1) is 20.4. The highest BCUT2D eigenvalue weighted by Crippen LogP contribution is 2.33. The van der Waals surface area contributed by atoms with Gasteiger partial charge in [-0.25, -0.2) is 4.98 Å². The van der Waals surface area contributed by atoms with Crippen molar-refractivity contribution in [1.29, 1.82) is 0 Å². The van der Waals surface area contributed by atoms with Gasteiger partial charge in [-0.05, 0) is 67.4 Å². The molecule has 2 heterocycles. The normalized spacial score (nSPS) is 11.5. The maximum Gasteiger partial charge on any atom is 0.255 e. The molecule has 11 nitrogen and oxygen atoms in total. The first kappa shape index (κ1) is 27.8. The summed E-state index contributed by atoms with van der Waals surface area (Å²) in [5, 5.41) is 2.85. The molecule has 0 saturated carbocycles. The van der Waals surface area contributed by atoms with Gasteiger partial charge in [-0.2, -0.15) is 0 Å². The molecule has 5 aromatic rings. The van der Waals surface area contributed by atoms with Gasteiger partial charge >= 0.3 is 0 Å². The number of nitrogens with zero attached hydrogens (tertiary/aromatic N) is 4. The van der Waals surface area contributed by atoms with Crippen molar-refractivity contribution < 1.29 is 14.3 Å². The number of pyridine rings is 1. The zero-order valence-electron chi connectivity index (χ0n) is 22.7. The molecule has 0 aliphatic rings.